The zero-order chi connectivity index (χ0) is 25.7. The Hall–Kier alpha value is -4.04. The highest BCUT2D eigenvalue weighted by atomic mass is 32.1. The van der Waals surface area contributed by atoms with Gasteiger partial charge in [0, 0.05) is 12.3 Å². The summed E-state index contributed by atoms with van der Waals surface area (Å²) in [6.07, 6.45) is 0. The third-order valence-corrected chi connectivity index (χ3v) is 7.59. The van der Waals surface area contributed by atoms with Crippen LogP contribution in [-0.4, -0.2) is 27.6 Å². The van der Waals surface area contributed by atoms with E-state index in [0.717, 1.165) is 22.3 Å². The Kier molecular flexibility index (Phi) is 5.84. The number of aromatic nitrogens is 1. The molecule has 2 aromatic heterocycles. The number of fused-ring (bicyclic) bond motifs is 1. The minimum Gasteiger partial charge on any atom is -0.503 e. The van der Waals surface area contributed by atoms with E-state index in [4.69, 9.17) is 4.42 Å². The summed E-state index contributed by atoms with van der Waals surface area (Å²) in [7, 11) is 0. The largest absolute Gasteiger partial charge is 0.503 e. The van der Waals surface area contributed by atoms with Crippen molar-refractivity contribution in [1.29, 1.82) is 0 Å². The molecule has 0 saturated heterocycles. The zero-order valence-electron chi connectivity index (χ0n) is 20.2. The highest BCUT2D eigenvalue weighted by Gasteiger charge is 2.46. The van der Waals surface area contributed by atoms with E-state index >= 15 is 0 Å². The number of hydrogen-bond acceptors (Lipinski definition) is 7. The van der Waals surface area contributed by atoms with Crippen LogP contribution in [0.2, 0.25) is 0 Å². The predicted octanol–water partition coefficient (Wildman–Crippen LogP) is 6.31. The third-order valence-electron chi connectivity index (χ3n) is 6.33. The highest BCUT2D eigenvalue weighted by molar-refractivity contribution is 7.17. The number of thiazole rings is 1. The number of aryl methyl sites for hydroxylation is 1. The molecule has 3 heterocycles. The van der Waals surface area contributed by atoms with E-state index in [9.17, 15) is 19.5 Å². The molecule has 0 bridgehead atoms. The Morgan fingerprint density at radius 1 is 1.11 bits per heavy atom. The van der Waals surface area contributed by atoms with Crippen LogP contribution in [-0.2, 0) is 4.79 Å². The average molecular weight is 501 g/mol. The molecule has 0 fully saturated rings. The Balaban J connectivity index is 1.66. The van der Waals surface area contributed by atoms with Gasteiger partial charge in [0.25, 0.3) is 5.91 Å². The molecule has 0 unspecified atom stereocenters. The fraction of sp³-hybridized carbons (Fsp3) is 0.214. The number of para-hydroxylation sites is 1. The number of rotatable bonds is 6. The number of amides is 1. The van der Waals surface area contributed by atoms with Gasteiger partial charge >= 0.3 is 0 Å². The van der Waals surface area contributed by atoms with Crippen LogP contribution >= 0.6 is 11.3 Å². The van der Waals surface area contributed by atoms with Gasteiger partial charge in [-0.15, -0.1) is 0 Å². The topological polar surface area (TPSA) is 101 Å². The van der Waals surface area contributed by atoms with E-state index in [0.29, 0.717) is 27.6 Å². The standard InChI is InChI=1S/C28H24N2O5S/c1-14(2)17-9-11-18(12-10-17)23-22(24(32)21-13-19-7-5-6-8-20(19)35-21)25(33)27(34)30(23)28-29-15(3)26(36-28)16(4)31/h5-14,23,33H,1-4H3/t23-/m1/s1. The van der Waals surface area contributed by atoms with Gasteiger partial charge in [-0.25, -0.2) is 4.98 Å². The van der Waals surface area contributed by atoms with E-state index in [1.807, 2.05) is 36.4 Å². The van der Waals surface area contributed by atoms with Crippen molar-refractivity contribution in [2.45, 2.75) is 39.7 Å². The summed E-state index contributed by atoms with van der Waals surface area (Å²) >= 11 is 1.06. The molecular weight excluding hydrogens is 476 g/mol. The first-order chi connectivity index (χ1) is 17.2. The van der Waals surface area contributed by atoms with E-state index in [2.05, 4.69) is 18.8 Å². The minimum absolute atomic E-state index is 0.0240. The van der Waals surface area contributed by atoms with Crippen LogP contribution in [0.15, 0.2) is 70.3 Å². The number of aliphatic hydroxyl groups excluding tert-OH is 1. The average Bonchev–Trinajstić information content (AvgIpc) is 3.53. The number of benzene rings is 2. The lowest BCUT2D eigenvalue weighted by Gasteiger charge is -2.24. The summed E-state index contributed by atoms with van der Waals surface area (Å²) in [5.74, 6) is -1.85. The van der Waals surface area contributed by atoms with E-state index in [1.165, 1.54) is 11.8 Å². The lowest BCUT2D eigenvalue weighted by atomic mass is 9.93. The summed E-state index contributed by atoms with van der Waals surface area (Å²) in [4.78, 5) is 45.4. The normalized spacial score (nSPS) is 16.0. The van der Waals surface area contributed by atoms with Crippen molar-refractivity contribution in [3.8, 4) is 0 Å². The van der Waals surface area contributed by atoms with Crippen LogP contribution < -0.4 is 4.90 Å². The molecule has 8 heteroatoms. The van der Waals surface area contributed by atoms with Gasteiger partial charge in [0.05, 0.1) is 22.2 Å². The molecule has 0 spiro atoms. The second kappa shape index (κ2) is 8.87. The molecule has 7 nitrogen and oxygen atoms in total. The maximum Gasteiger partial charge on any atom is 0.296 e. The van der Waals surface area contributed by atoms with Crippen LogP contribution in [0.1, 0.15) is 69.8 Å². The Bertz CT molecular complexity index is 1530. The van der Waals surface area contributed by atoms with Crippen molar-refractivity contribution in [2.75, 3.05) is 4.90 Å². The number of carbonyl (C=O) groups excluding carboxylic acids is 3. The van der Waals surface area contributed by atoms with Gasteiger partial charge in [0.2, 0.25) is 5.78 Å². The van der Waals surface area contributed by atoms with Gasteiger partial charge in [-0.1, -0.05) is 67.6 Å². The molecule has 1 atom stereocenters. The van der Waals surface area contributed by atoms with Crippen LogP contribution in [0.5, 0.6) is 0 Å². The quantitative estimate of drug-likeness (QED) is 0.312. The number of Topliss-reactive ketones (excluding diaryl/α,β-unsaturated/α-hetero) is 2. The van der Waals surface area contributed by atoms with Gasteiger partial charge in [0.1, 0.15) is 5.58 Å². The number of furan rings is 1. The predicted molar refractivity (Wildman–Crippen MR) is 138 cm³/mol. The van der Waals surface area contributed by atoms with E-state index in [1.54, 1.807) is 25.1 Å². The molecule has 1 N–H and O–H groups in total. The van der Waals surface area contributed by atoms with Crippen LogP contribution in [0.4, 0.5) is 5.13 Å². The number of nitrogens with zero attached hydrogens (tertiary/aromatic N) is 2. The van der Waals surface area contributed by atoms with Crippen molar-refractivity contribution in [2.24, 2.45) is 0 Å². The molecule has 2 aromatic carbocycles. The van der Waals surface area contributed by atoms with Crippen molar-refractivity contribution >= 4 is 44.9 Å². The van der Waals surface area contributed by atoms with E-state index in [-0.39, 0.29) is 22.2 Å². The highest BCUT2D eigenvalue weighted by Crippen LogP contribution is 2.44. The van der Waals surface area contributed by atoms with Crippen LogP contribution in [0.25, 0.3) is 11.0 Å². The summed E-state index contributed by atoms with van der Waals surface area (Å²) in [6, 6.07) is 15.4. The van der Waals surface area contributed by atoms with E-state index < -0.39 is 23.5 Å². The molecule has 182 valence electrons. The van der Waals surface area contributed by atoms with Crippen molar-refractivity contribution < 1.29 is 23.9 Å². The third kappa shape index (κ3) is 3.83. The fourth-order valence-corrected chi connectivity index (χ4v) is 5.44. The van der Waals surface area contributed by atoms with Gasteiger partial charge in [-0.2, -0.15) is 0 Å². The molecule has 0 radical (unpaired) electrons. The number of aliphatic hydroxyl groups is 1. The maximum atomic E-state index is 13.7. The lowest BCUT2D eigenvalue weighted by molar-refractivity contribution is -0.117. The molecule has 5 rings (SSSR count). The zero-order valence-corrected chi connectivity index (χ0v) is 21.1. The minimum atomic E-state index is -0.940. The molecule has 0 saturated carbocycles. The number of hydrogen-bond donors (Lipinski definition) is 1. The summed E-state index contributed by atoms with van der Waals surface area (Å²) < 4.78 is 5.77. The molecule has 0 aliphatic carbocycles. The molecular formula is C28H24N2O5S. The molecule has 1 aliphatic heterocycles. The smallest absolute Gasteiger partial charge is 0.296 e. The maximum absolute atomic E-state index is 13.7. The first kappa shape index (κ1) is 23.7. The molecule has 36 heavy (non-hydrogen) atoms. The Morgan fingerprint density at radius 3 is 2.42 bits per heavy atom. The van der Waals surface area contributed by atoms with Crippen LogP contribution in [0, 0.1) is 6.92 Å². The SMILES string of the molecule is CC(=O)c1sc(N2C(=O)C(O)=C(C(=O)c3cc4ccccc4o3)[C@H]2c2ccc(C(C)C)cc2)nc1C. The number of ketones is 2. The molecule has 1 amide bonds. The van der Waals surface area contributed by atoms with Crippen molar-refractivity contribution in [3.05, 3.63) is 93.4 Å². The van der Waals surface area contributed by atoms with Gasteiger partial charge in [0.15, 0.2) is 22.4 Å². The summed E-state index contributed by atoms with van der Waals surface area (Å²) in [5, 5.41) is 12.0. The Labute approximate surface area is 211 Å². The monoisotopic (exact) mass is 500 g/mol. The first-order valence-corrected chi connectivity index (χ1v) is 12.4. The van der Waals surface area contributed by atoms with Crippen LogP contribution in [0.3, 0.4) is 0 Å². The van der Waals surface area contributed by atoms with Gasteiger partial charge < -0.3 is 9.52 Å². The second-order valence-electron chi connectivity index (χ2n) is 9.11. The lowest BCUT2D eigenvalue weighted by Crippen LogP contribution is -2.31. The van der Waals surface area contributed by atoms with Crippen molar-refractivity contribution in [1.82, 2.24) is 4.98 Å². The van der Waals surface area contributed by atoms with Gasteiger partial charge in [-0.05, 0) is 36.1 Å². The fourth-order valence-electron chi connectivity index (χ4n) is 4.45. The molecule has 4 aromatic rings. The van der Waals surface area contributed by atoms with Crippen molar-refractivity contribution in [3.63, 3.8) is 0 Å². The summed E-state index contributed by atoms with van der Waals surface area (Å²) in [6.45, 7) is 7.27. The first-order valence-electron chi connectivity index (χ1n) is 11.6. The van der Waals surface area contributed by atoms with Gasteiger partial charge in [-0.3, -0.25) is 19.3 Å². The molecule has 1 aliphatic rings. The number of anilines is 1. The Morgan fingerprint density at radius 2 is 1.81 bits per heavy atom. The second-order valence-corrected chi connectivity index (χ2v) is 10.1. The number of carbonyl (C=O) groups is 3. The summed E-state index contributed by atoms with van der Waals surface area (Å²) in [5.41, 5.74) is 2.65.